The quantitative estimate of drug-likeness (QED) is 0.861. The average Bonchev–Trinajstić information content (AvgIpc) is 2.39. The lowest BCUT2D eigenvalue weighted by Gasteiger charge is -2.26. The summed E-state index contributed by atoms with van der Waals surface area (Å²) in [6, 6.07) is 0. The van der Waals surface area contributed by atoms with Crippen LogP contribution in [0.15, 0.2) is 4.79 Å². The van der Waals surface area contributed by atoms with E-state index in [-0.39, 0.29) is 5.69 Å². The van der Waals surface area contributed by atoms with E-state index < -0.39 is 17.5 Å². The number of hydrogen-bond acceptors (Lipinski definition) is 4. The number of carboxylic acids is 1. The SMILES string of the molecule is COC(C)(C)Cn1c(C)c(CC(C)C(=O)O)c(C)nc1=O. The predicted octanol–water partition coefficient (Wildman–Crippen LogP) is 1.55. The minimum Gasteiger partial charge on any atom is -0.481 e. The van der Waals surface area contributed by atoms with E-state index in [2.05, 4.69) is 4.98 Å². The minimum absolute atomic E-state index is 0.332. The summed E-state index contributed by atoms with van der Waals surface area (Å²) < 4.78 is 6.92. The van der Waals surface area contributed by atoms with Gasteiger partial charge in [-0.2, -0.15) is 4.98 Å². The van der Waals surface area contributed by atoms with Gasteiger partial charge in [0.05, 0.1) is 18.1 Å². The van der Waals surface area contributed by atoms with Gasteiger partial charge in [0.25, 0.3) is 0 Å². The van der Waals surface area contributed by atoms with Crippen molar-refractivity contribution in [2.45, 2.75) is 53.2 Å². The summed E-state index contributed by atoms with van der Waals surface area (Å²) in [6.07, 6.45) is 0.355. The highest BCUT2D eigenvalue weighted by Crippen LogP contribution is 2.18. The fourth-order valence-electron chi connectivity index (χ4n) is 2.16. The summed E-state index contributed by atoms with van der Waals surface area (Å²) in [4.78, 5) is 27.2. The first kappa shape index (κ1) is 17.4. The molecule has 0 radical (unpaired) electrons. The van der Waals surface area contributed by atoms with E-state index in [1.54, 1.807) is 25.5 Å². The van der Waals surface area contributed by atoms with Gasteiger partial charge in [0, 0.05) is 18.5 Å². The van der Waals surface area contributed by atoms with E-state index in [1.165, 1.54) is 0 Å². The number of methoxy groups -OCH3 is 1. The number of aryl methyl sites for hydroxylation is 1. The zero-order valence-electron chi connectivity index (χ0n) is 13.6. The topological polar surface area (TPSA) is 81.4 Å². The van der Waals surface area contributed by atoms with Crippen LogP contribution in [0.1, 0.15) is 37.7 Å². The molecule has 0 spiro atoms. The molecule has 0 aliphatic rings. The van der Waals surface area contributed by atoms with E-state index in [9.17, 15) is 9.59 Å². The predicted molar refractivity (Wildman–Crippen MR) is 79.6 cm³/mol. The fraction of sp³-hybridized carbons (Fsp3) is 0.667. The molecule has 21 heavy (non-hydrogen) atoms. The Morgan fingerprint density at radius 2 is 2.00 bits per heavy atom. The molecule has 1 N–H and O–H groups in total. The first-order valence-corrected chi connectivity index (χ1v) is 6.94. The number of ether oxygens (including phenoxy) is 1. The molecule has 1 atom stereocenters. The monoisotopic (exact) mass is 296 g/mol. The lowest BCUT2D eigenvalue weighted by atomic mass is 9.98. The first-order valence-electron chi connectivity index (χ1n) is 6.94. The van der Waals surface area contributed by atoms with Crippen molar-refractivity contribution in [1.82, 2.24) is 9.55 Å². The second-order valence-electron chi connectivity index (χ2n) is 6.04. The standard InChI is InChI=1S/C15H24N2O4/c1-9(13(18)19)7-12-10(2)16-14(20)17(11(12)3)8-15(4,5)21-6/h9H,7-8H2,1-6H3,(H,18,19). The second-order valence-corrected chi connectivity index (χ2v) is 6.04. The number of carbonyl (C=O) groups is 1. The Morgan fingerprint density at radius 3 is 2.48 bits per heavy atom. The molecule has 0 bridgehead atoms. The molecule has 6 heteroatoms. The number of carboxylic acid groups (broad SMARTS) is 1. The molecule has 1 rings (SSSR count). The van der Waals surface area contributed by atoms with Crippen LogP contribution in [-0.4, -0.2) is 33.3 Å². The van der Waals surface area contributed by atoms with Crippen molar-refractivity contribution in [2.24, 2.45) is 5.92 Å². The summed E-state index contributed by atoms with van der Waals surface area (Å²) in [6.45, 7) is 9.36. The van der Waals surface area contributed by atoms with Gasteiger partial charge in [0.2, 0.25) is 0 Å². The van der Waals surface area contributed by atoms with Crippen LogP contribution in [0.2, 0.25) is 0 Å². The van der Waals surface area contributed by atoms with Crippen LogP contribution < -0.4 is 5.69 Å². The van der Waals surface area contributed by atoms with Gasteiger partial charge < -0.3 is 9.84 Å². The summed E-state index contributed by atoms with van der Waals surface area (Å²) in [7, 11) is 1.59. The van der Waals surface area contributed by atoms with Crippen molar-refractivity contribution >= 4 is 5.97 Å². The lowest BCUT2D eigenvalue weighted by Crippen LogP contribution is -2.38. The van der Waals surface area contributed by atoms with Crippen LogP contribution in [0.4, 0.5) is 0 Å². The molecular weight excluding hydrogens is 272 g/mol. The van der Waals surface area contributed by atoms with E-state index in [4.69, 9.17) is 9.84 Å². The van der Waals surface area contributed by atoms with Gasteiger partial charge in [0.15, 0.2) is 0 Å². The Bertz CT molecular complexity index is 590. The zero-order valence-corrected chi connectivity index (χ0v) is 13.6. The third kappa shape index (κ3) is 4.14. The molecule has 118 valence electrons. The summed E-state index contributed by atoms with van der Waals surface area (Å²) in [5.41, 5.74) is 1.34. The van der Waals surface area contributed by atoms with Gasteiger partial charge in [0.1, 0.15) is 0 Å². The highest BCUT2D eigenvalue weighted by molar-refractivity contribution is 5.70. The summed E-state index contributed by atoms with van der Waals surface area (Å²) in [5.74, 6) is -1.38. The molecule has 0 saturated carbocycles. The van der Waals surface area contributed by atoms with Gasteiger partial charge in [-0.1, -0.05) is 6.92 Å². The largest absolute Gasteiger partial charge is 0.481 e. The molecule has 0 aromatic carbocycles. The normalized spacial score (nSPS) is 13.2. The smallest absolute Gasteiger partial charge is 0.348 e. The number of aromatic nitrogens is 2. The molecule has 0 aliphatic heterocycles. The summed E-state index contributed by atoms with van der Waals surface area (Å²) in [5, 5.41) is 9.06. The first-order chi connectivity index (χ1) is 9.59. The molecule has 1 aromatic rings. The fourth-order valence-corrected chi connectivity index (χ4v) is 2.16. The number of nitrogens with zero attached hydrogens (tertiary/aromatic N) is 2. The van der Waals surface area contributed by atoms with Crippen molar-refractivity contribution < 1.29 is 14.6 Å². The van der Waals surface area contributed by atoms with Gasteiger partial charge in [-0.15, -0.1) is 0 Å². The van der Waals surface area contributed by atoms with E-state index >= 15 is 0 Å². The van der Waals surface area contributed by atoms with Crippen LogP contribution in [0.25, 0.3) is 0 Å². The van der Waals surface area contributed by atoms with Gasteiger partial charge in [-0.3, -0.25) is 9.36 Å². The minimum atomic E-state index is -0.858. The molecular formula is C15H24N2O4. The third-order valence-electron chi connectivity index (χ3n) is 3.80. The summed E-state index contributed by atoms with van der Waals surface area (Å²) >= 11 is 0. The van der Waals surface area contributed by atoms with Crippen LogP contribution >= 0.6 is 0 Å². The van der Waals surface area contributed by atoms with Crippen molar-refractivity contribution in [3.8, 4) is 0 Å². The average molecular weight is 296 g/mol. The number of rotatable bonds is 6. The van der Waals surface area contributed by atoms with Gasteiger partial charge >= 0.3 is 11.7 Å². The Hall–Kier alpha value is -1.69. The Labute approximate surface area is 124 Å². The van der Waals surface area contributed by atoms with Gasteiger partial charge in [-0.05, 0) is 39.7 Å². The Balaban J connectivity index is 3.29. The molecule has 1 unspecified atom stereocenters. The van der Waals surface area contributed by atoms with E-state index in [0.29, 0.717) is 18.7 Å². The second kappa shape index (κ2) is 6.39. The maximum Gasteiger partial charge on any atom is 0.348 e. The highest BCUT2D eigenvalue weighted by atomic mass is 16.5. The molecule has 0 aliphatic carbocycles. The maximum atomic E-state index is 12.1. The van der Waals surface area contributed by atoms with Crippen molar-refractivity contribution in [3.63, 3.8) is 0 Å². The Kier molecular flexibility index (Phi) is 5.28. The molecule has 1 heterocycles. The van der Waals surface area contributed by atoms with E-state index in [0.717, 1.165) is 11.3 Å². The maximum absolute atomic E-state index is 12.1. The van der Waals surface area contributed by atoms with Crippen LogP contribution in [0, 0.1) is 19.8 Å². The molecule has 6 nitrogen and oxygen atoms in total. The van der Waals surface area contributed by atoms with E-state index in [1.807, 2.05) is 20.8 Å². The van der Waals surface area contributed by atoms with Crippen molar-refractivity contribution in [1.29, 1.82) is 0 Å². The van der Waals surface area contributed by atoms with Crippen LogP contribution in [-0.2, 0) is 22.5 Å². The lowest BCUT2D eigenvalue weighted by molar-refractivity contribution is -0.141. The van der Waals surface area contributed by atoms with Crippen LogP contribution in [0.5, 0.6) is 0 Å². The number of aliphatic carboxylic acids is 1. The number of hydrogen-bond donors (Lipinski definition) is 1. The Morgan fingerprint density at radius 1 is 1.43 bits per heavy atom. The molecule has 0 amide bonds. The van der Waals surface area contributed by atoms with Crippen molar-refractivity contribution in [2.75, 3.05) is 7.11 Å². The zero-order chi connectivity index (χ0) is 16.4. The molecule has 1 aromatic heterocycles. The third-order valence-corrected chi connectivity index (χ3v) is 3.80. The van der Waals surface area contributed by atoms with Crippen LogP contribution in [0.3, 0.4) is 0 Å². The molecule has 0 saturated heterocycles. The highest BCUT2D eigenvalue weighted by Gasteiger charge is 2.22. The molecule has 0 fully saturated rings. The van der Waals surface area contributed by atoms with Gasteiger partial charge in [-0.25, -0.2) is 4.79 Å². The van der Waals surface area contributed by atoms with Crippen molar-refractivity contribution in [3.05, 3.63) is 27.4 Å².